The highest BCUT2D eigenvalue weighted by molar-refractivity contribution is 7.12. The van der Waals surface area contributed by atoms with Crippen LogP contribution >= 0.6 is 11.3 Å². The highest BCUT2D eigenvalue weighted by Crippen LogP contribution is 2.18. The maximum Gasteiger partial charge on any atom is 0.328 e. The van der Waals surface area contributed by atoms with Crippen LogP contribution in [-0.4, -0.2) is 27.0 Å². The Labute approximate surface area is 125 Å². The Balaban J connectivity index is 2.02. The molecule has 2 heterocycles. The smallest absolute Gasteiger partial charge is 0.328 e. The standard InChI is InChI=1S/C14H13N3O3S/c1-9-6-16-11(7-15-9)8-17-14(20)13-10(4-5-21-13)2-3-12(18)19/h2-7H,8H2,1H3,(H,17,20)(H,18,19). The topological polar surface area (TPSA) is 92.2 Å². The number of carbonyl (C=O) groups excluding carboxylic acids is 1. The van der Waals surface area contributed by atoms with Crippen LogP contribution in [0, 0.1) is 6.92 Å². The number of hydrogen-bond acceptors (Lipinski definition) is 5. The van der Waals surface area contributed by atoms with Crippen molar-refractivity contribution in [2.24, 2.45) is 0 Å². The second kappa shape index (κ2) is 6.76. The molecule has 0 fully saturated rings. The van der Waals surface area contributed by atoms with Gasteiger partial charge in [-0.3, -0.25) is 14.8 Å². The van der Waals surface area contributed by atoms with Gasteiger partial charge in [-0.1, -0.05) is 0 Å². The first-order chi connectivity index (χ1) is 10.1. The van der Waals surface area contributed by atoms with Crippen LogP contribution < -0.4 is 5.32 Å². The molecule has 6 nitrogen and oxygen atoms in total. The van der Waals surface area contributed by atoms with Crippen molar-refractivity contribution >= 4 is 29.3 Å². The van der Waals surface area contributed by atoms with Gasteiger partial charge in [0.1, 0.15) is 0 Å². The third kappa shape index (κ3) is 4.22. The minimum Gasteiger partial charge on any atom is -0.478 e. The van der Waals surface area contributed by atoms with Crippen LogP contribution in [-0.2, 0) is 11.3 Å². The lowest BCUT2D eigenvalue weighted by atomic mass is 10.2. The summed E-state index contributed by atoms with van der Waals surface area (Å²) in [6.07, 6.45) is 5.65. The summed E-state index contributed by atoms with van der Waals surface area (Å²) in [5, 5.41) is 13.1. The van der Waals surface area contributed by atoms with Gasteiger partial charge in [-0.2, -0.15) is 0 Å². The van der Waals surface area contributed by atoms with E-state index >= 15 is 0 Å². The Morgan fingerprint density at radius 1 is 1.38 bits per heavy atom. The van der Waals surface area contributed by atoms with E-state index < -0.39 is 5.97 Å². The van der Waals surface area contributed by atoms with Crippen molar-refractivity contribution in [1.29, 1.82) is 0 Å². The number of aromatic nitrogens is 2. The van der Waals surface area contributed by atoms with Gasteiger partial charge in [0.2, 0.25) is 0 Å². The first-order valence-corrected chi connectivity index (χ1v) is 6.98. The zero-order chi connectivity index (χ0) is 15.2. The molecule has 0 radical (unpaired) electrons. The summed E-state index contributed by atoms with van der Waals surface area (Å²) in [4.78, 5) is 31.3. The van der Waals surface area contributed by atoms with Crippen molar-refractivity contribution in [3.63, 3.8) is 0 Å². The number of carboxylic acids is 1. The van der Waals surface area contributed by atoms with E-state index in [9.17, 15) is 9.59 Å². The maximum absolute atomic E-state index is 12.1. The lowest BCUT2D eigenvalue weighted by Gasteiger charge is -2.04. The lowest BCUT2D eigenvalue weighted by Crippen LogP contribution is -2.23. The van der Waals surface area contributed by atoms with E-state index in [1.165, 1.54) is 17.4 Å². The van der Waals surface area contributed by atoms with E-state index in [1.54, 1.807) is 23.8 Å². The number of aliphatic carboxylic acids is 1. The number of hydrogen-bond donors (Lipinski definition) is 2. The van der Waals surface area contributed by atoms with Crippen molar-refractivity contribution < 1.29 is 14.7 Å². The fourth-order valence-electron chi connectivity index (χ4n) is 1.56. The van der Waals surface area contributed by atoms with Crippen LogP contribution in [0.15, 0.2) is 29.9 Å². The summed E-state index contributed by atoms with van der Waals surface area (Å²) in [5.74, 6) is -1.32. The number of nitrogens with one attached hydrogen (secondary N) is 1. The second-order valence-corrected chi connectivity index (χ2v) is 5.12. The van der Waals surface area contributed by atoms with Crippen LogP contribution in [0.25, 0.3) is 6.08 Å². The van der Waals surface area contributed by atoms with E-state index in [0.29, 0.717) is 16.1 Å². The van der Waals surface area contributed by atoms with Crippen LogP contribution in [0.3, 0.4) is 0 Å². The van der Waals surface area contributed by atoms with Gasteiger partial charge < -0.3 is 10.4 Å². The fourth-order valence-corrected chi connectivity index (χ4v) is 2.36. The van der Waals surface area contributed by atoms with Crippen molar-refractivity contribution in [2.75, 3.05) is 0 Å². The third-order valence-corrected chi connectivity index (χ3v) is 3.50. The summed E-state index contributed by atoms with van der Waals surface area (Å²) in [6, 6.07) is 1.70. The molecule has 0 aliphatic heterocycles. The number of amides is 1. The number of rotatable bonds is 5. The SMILES string of the molecule is Cc1cnc(CNC(=O)c2sccc2C=CC(=O)O)cn1. The van der Waals surface area contributed by atoms with Crippen LogP contribution in [0.1, 0.15) is 26.6 Å². The zero-order valence-electron chi connectivity index (χ0n) is 11.2. The number of nitrogens with zero attached hydrogens (tertiary/aromatic N) is 2. The van der Waals surface area contributed by atoms with Crippen LogP contribution in [0.2, 0.25) is 0 Å². The molecule has 0 atom stereocenters. The summed E-state index contributed by atoms with van der Waals surface area (Å²) in [7, 11) is 0. The average molecular weight is 303 g/mol. The summed E-state index contributed by atoms with van der Waals surface area (Å²) in [5.41, 5.74) is 2.05. The highest BCUT2D eigenvalue weighted by Gasteiger charge is 2.11. The van der Waals surface area contributed by atoms with Gasteiger partial charge in [-0.05, 0) is 30.0 Å². The van der Waals surface area contributed by atoms with Crippen molar-refractivity contribution in [1.82, 2.24) is 15.3 Å². The van der Waals surface area contributed by atoms with Crippen molar-refractivity contribution in [2.45, 2.75) is 13.5 Å². The van der Waals surface area contributed by atoms with Gasteiger partial charge in [-0.25, -0.2) is 4.79 Å². The molecule has 2 rings (SSSR count). The third-order valence-electron chi connectivity index (χ3n) is 2.57. The highest BCUT2D eigenvalue weighted by atomic mass is 32.1. The van der Waals surface area contributed by atoms with E-state index in [-0.39, 0.29) is 12.5 Å². The van der Waals surface area contributed by atoms with Gasteiger partial charge in [0.05, 0.1) is 29.0 Å². The summed E-state index contributed by atoms with van der Waals surface area (Å²) < 4.78 is 0. The monoisotopic (exact) mass is 303 g/mol. The average Bonchev–Trinajstić information content (AvgIpc) is 2.92. The molecule has 0 spiro atoms. The second-order valence-electron chi connectivity index (χ2n) is 4.21. The molecular formula is C14H13N3O3S. The number of carbonyl (C=O) groups is 2. The van der Waals surface area contributed by atoms with Crippen molar-refractivity contribution in [3.05, 3.63) is 51.7 Å². The molecule has 108 valence electrons. The van der Waals surface area contributed by atoms with E-state index in [2.05, 4.69) is 15.3 Å². The summed E-state index contributed by atoms with van der Waals surface area (Å²) >= 11 is 1.25. The van der Waals surface area contributed by atoms with Gasteiger partial charge in [-0.15, -0.1) is 11.3 Å². The Kier molecular flexibility index (Phi) is 4.78. The first kappa shape index (κ1) is 14.9. The minimum atomic E-state index is -1.05. The van der Waals surface area contributed by atoms with Crippen molar-refractivity contribution in [3.8, 4) is 0 Å². The molecule has 0 unspecified atom stereocenters. The van der Waals surface area contributed by atoms with E-state index in [1.807, 2.05) is 6.92 Å². The van der Waals surface area contributed by atoms with Crippen LogP contribution in [0.4, 0.5) is 0 Å². The molecule has 0 saturated carbocycles. The Morgan fingerprint density at radius 3 is 2.86 bits per heavy atom. The fraction of sp³-hybridized carbons (Fsp3) is 0.143. The Morgan fingerprint density at radius 2 is 2.19 bits per heavy atom. The zero-order valence-corrected chi connectivity index (χ0v) is 12.1. The van der Waals surface area contributed by atoms with Gasteiger partial charge >= 0.3 is 5.97 Å². The van der Waals surface area contributed by atoms with Gasteiger partial charge in [0.15, 0.2) is 0 Å². The van der Waals surface area contributed by atoms with Gasteiger partial charge in [0.25, 0.3) is 5.91 Å². The molecule has 2 N–H and O–H groups in total. The molecule has 21 heavy (non-hydrogen) atoms. The van der Waals surface area contributed by atoms with E-state index in [4.69, 9.17) is 5.11 Å². The molecular weight excluding hydrogens is 290 g/mol. The van der Waals surface area contributed by atoms with E-state index in [0.717, 1.165) is 11.8 Å². The molecule has 7 heteroatoms. The molecule has 0 saturated heterocycles. The molecule has 2 aromatic rings. The predicted octanol–water partition coefficient (Wildman–Crippen LogP) is 1.87. The molecule has 1 amide bonds. The normalized spacial score (nSPS) is 10.7. The number of carboxylic acid groups (broad SMARTS) is 1. The number of aryl methyl sites for hydroxylation is 1. The number of thiophene rings is 1. The Hall–Kier alpha value is -2.54. The molecule has 2 aromatic heterocycles. The summed E-state index contributed by atoms with van der Waals surface area (Å²) in [6.45, 7) is 2.11. The molecule has 0 aliphatic carbocycles. The molecule has 0 aliphatic rings. The minimum absolute atomic E-state index is 0.266. The van der Waals surface area contributed by atoms with Gasteiger partial charge in [0, 0.05) is 12.3 Å². The molecule has 0 bridgehead atoms. The Bertz CT molecular complexity index is 677. The maximum atomic E-state index is 12.1. The first-order valence-electron chi connectivity index (χ1n) is 6.10. The molecule has 0 aromatic carbocycles. The largest absolute Gasteiger partial charge is 0.478 e. The predicted molar refractivity (Wildman–Crippen MR) is 78.9 cm³/mol. The van der Waals surface area contributed by atoms with Crippen LogP contribution in [0.5, 0.6) is 0 Å². The lowest BCUT2D eigenvalue weighted by molar-refractivity contribution is -0.131. The quantitative estimate of drug-likeness (QED) is 0.823.